The number of fused-ring (bicyclic) bond motifs is 5. The van der Waals surface area contributed by atoms with E-state index in [2.05, 4.69) is 15.9 Å². The number of nitrogens with zero attached hydrogens (tertiary/aromatic N) is 1. The number of ether oxygens (including phenoxy) is 1. The van der Waals surface area contributed by atoms with Crippen LogP contribution in [0, 0.1) is 23.7 Å². The molecule has 1 saturated heterocycles. The SMILES string of the molecule is C[C@H](C(=O)OCC(=O)c1ccc(Br)cc1)N1C(=O)[C@@H]2[C@H]3CC[C@@H](C3)[C@H]2C1=O. The molecule has 1 aliphatic heterocycles. The molecule has 5 atom stereocenters. The number of Topliss-reactive ketones (excluding diaryl/α,β-unsaturated/α-hetero) is 1. The molecule has 0 unspecified atom stereocenters. The largest absolute Gasteiger partial charge is 0.456 e. The monoisotopic (exact) mass is 433 g/mol. The standard InChI is InChI=1S/C20H20BrNO5/c1-10(20(26)27-9-15(23)11-4-6-14(21)7-5-11)22-18(24)16-12-2-3-13(8-12)17(16)19(22)25/h4-7,10,12-13,16-17H,2-3,8-9H2,1H3/t10-,12+,13+,16-,17-/m1/s1. The third-order valence-electron chi connectivity index (χ3n) is 6.20. The number of benzene rings is 1. The molecule has 142 valence electrons. The number of carbonyl (C=O) groups excluding carboxylic acids is 4. The lowest BCUT2D eigenvalue weighted by Crippen LogP contribution is -2.45. The molecule has 6 nitrogen and oxygen atoms in total. The van der Waals surface area contributed by atoms with Crippen molar-refractivity contribution in [2.24, 2.45) is 23.7 Å². The molecule has 0 aromatic heterocycles. The summed E-state index contributed by atoms with van der Waals surface area (Å²) >= 11 is 3.29. The van der Waals surface area contributed by atoms with Gasteiger partial charge in [-0.05, 0) is 50.2 Å². The molecule has 0 spiro atoms. The molecule has 2 saturated carbocycles. The van der Waals surface area contributed by atoms with Crippen molar-refractivity contribution < 1.29 is 23.9 Å². The van der Waals surface area contributed by atoms with Gasteiger partial charge in [-0.1, -0.05) is 28.1 Å². The average Bonchev–Trinajstić information content (AvgIpc) is 3.33. The van der Waals surface area contributed by atoms with E-state index in [1.54, 1.807) is 24.3 Å². The molecule has 3 fully saturated rings. The Bertz CT molecular complexity index is 792. The summed E-state index contributed by atoms with van der Waals surface area (Å²) in [5, 5.41) is 0. The van der Waals surface area contributed by atoms with E-state index >= 15 is 0 Å². The van der Waals surface area contributed by atoms with Crippen LogP contribution < -0.4 is 0 Å². The Hall–Kier alpha value is -2.02. The first kappa shape index (κ1) is 18.3. The second-order valence-corrected chi connectivity index (χ2v) is 8.56. The summed E-state index contributed by atoms with van der Waals surface area (Å²) < 4.78 is 5.95. The molecule has 2 amide bonds. The highest BCUT2D eigenvalue weighted by atomic mass is 79.9. The minimum absolute atomic E-state index is 0.249. The average molecular weight is 434 g/mol. The van der Waals surface area contributed by atoms with Crippen LogP contribution in [0.25, 0.3) is 0 Å². The number of carbonyl (C=O) groups is 4. The molecule has 1 aromatic carbocycles. The summed E-state index contributed by atoms with van der Waals surface area (Å²) in [6.45, 7) is 1.07. The van der Waals surface area contributed by atoms with Crippen LogP contribution in [0.4, 0.5) is 0 Å². The molecule has 0 radical (unpaired) electrons. The minimum Gasteiger partial charge on any atom is -0.456 e. The number of likely N-dealkylation sites (tertiary alicyclic amines) is 1. The highest BCUT2D eigenvalue weighted by Gasteiger charge is 2.62. The lowest BCUT2D eigenvalue weighted by atomic mass is 9.81. The first-order valence-electron chi connectivity index (χ1n) is 9.20. The molecule has 3 aliphatic rings. The summed E-state index contributed by atoms with van der Waals surface area (Å²) in [5.41, 5.74) is 0.429. The molecule has 7 heteroatoms. The van der Waals surface area contributed by atoms with Crippen molar-refractivity contribution in [1.29, 1.82) is 0 Å². The second-order valence-electron chi connectivity index (χ2n) is 7.65. The van der Waals surface area contributed by atoms with Crippen molar-refractivity contribution in [3.63, 3.8) is 0 Å². The Morgan fingerprint density at radius 2 is 1.67 bits per heavy atom. The summed E-state index contributed by atoms with van der Waals surface area (Å²) in [6.07, 6.45) is 2.92. The fourth-order valence-electron chi connectivity index (χ4n) is 4.90. The molecule has 27 heavy (non-hydrogen) atoms. The number of ketones is 1. The molecular formula is C20H20BrNO5. The Morgan fingerprint density at radius 3 is 2.22 bits per heavy atom. The predicted octanol–water partition coefficient (Wildman–Crippen LogP) is 2.59. The van der Waals surface area contributed by atoms with Gasteiger partial charge < -0.3 is 4.74 Å². The zero-order valence-corrected chi connectivity index (χ0v) is 16.5. The molecule has 1 aromatic rings. The van der Waals surface area contributed by atoms with Crippen molar-refractivity contribution in [1.82, 2.24) is 4.90 Å². The summed E-state index contributed by atoms with van der Waals surface area (Å²) in [5.74, 6) is -1.56. The highest BCUT2D eigenvalue weighted by molar-refractivity contribution is 9.10. The number of esters is 1. The van der Waals surface area contributed by atoms with Crippen LogP contribution in [0.5, 0.6) is 0 Å². The maximum absolute atomic E-state index is 12.8. The zero-order chi connectivity index (χ0) is 19.3. The van der Waals surface area contributed by atoms with E-state index in [0.29, 0.717) is 5.56 Å². The molecule has 0 N–H and O–H groups in total. The number of imide groups is 1. The predicted molar refractivity (Wildman–Crippen MR) is 98.6 cm³/mol. The van der Waals surface area contributed by atoms with E-state index in [4.69, 9.17) is 4.74 Å². The fraction of sp³-hybridized carbons (Fsp3) is 0.500. The van der Waals surface area contributed by atoms with E-state index < -0.39 is 18.6 Å². The van der Waals surface area contributed by atoms with Crippen molar-refractivity contribution in [2.75, 3.05) is 6.61 Å². The normalized spacial score (nSPS) is 29.8. The van der Waals surface area contributed by atoms with Crippen molar-refractivity contribution in [2.45, 2.75) is 32.2 Å². The smallest absolute Gasteiger partial charge is 0.329 e. The fourth-order valence-corrected chi connectivity index (χ4v) is 5.16. The van der Waals surface area contributed by atoms with Crippen molar-refractivity contribution in [3.8, 4) is 0 Å². The summed E-state index contributed by atoms with van der Waals surface area (Å²) in [7, 11) is 0. The summed E-state index contributed by atoms with van der Waals surface area (Å²) in [4.78, 5) is 51.1. The third-order valence-corrected chi connectivity index (χ3v) is 6.73. The lowest BCUT2D eigenvalue weighted by molar-refractivity contribution is -0.157. The van der Waals surface area contributed by atoms with Gasteiger partial charge in [0, 0.05) is 10.0 Å². The van der Waals surface area contributed by atoms with Gasteiger partial charge in [0.15, 0.2) is 12.4 Å². The topological polar surface area (TPSA) is 80.8 Å². The van der Waals surface area contributed by atoms with E-state index in [9.17, 15) is 19.2 Å². The second kappa shape index (κ2) is 6.86. The number of hydrogen-bond donors (Lipinski definition) is 0. The van der Waals surface area contributed by atoms with Gasteiger partial charge >= 0.3 is 5.97 Å². The molecule has 2 bridgehead atoms. The van der Waals surface area contributed by atoms with Gasteiger partial charge in [0.1, 0.15) is 6.04 Å². The Morgan fingerprint density at radius 1 is 1.11 bits per heavy atom. The number of amides is 2. The highest BCUT2D eigenvalue weighted by Crippen LogP contribution is 2.56. The van der Waals surface area contributed by atoms with Gasteiger partial charge in [-0.3, -0.25) is 19.3 Å². The van der Waals surface area contributed by atoms with Crippen molar-refractivity contribution in [3.05, 3.63) is 34.3 Å². The van der Waals surface area contributed by atoms with Crippen LogP contribution in [-0.2, 0) is 19.1 Å². The molecule has 1 heterocycles. The van der Waals surface area contributed by atoms with Gasteiger partial charge in [0.2, 0.25) is 11.8 Å². The minimum atomic E-state index is -1.01. The molecule has 4 rings (SSSR count). The Labute approximate surface area is 165 Å². The first-order chi connectivity index (χ1) is 12.9. The Kier molecular flexibility index (Phi) is 4.66. The van der Waals surface area contributed by atoms with Crippen LogP contribution in [-0.4, -0.2) is 41.1 Å². The first-order valence-corrected chi connectivity index (χ1v) is 10.00. The van der Waals surface area contributed by atoms with E-state index in [1.165, 1.54) is 6.92 Å². The molecule has 2 aliphatic carbocycles. The van der Waals surface area contributed by atoms with E-state index in [0.717, 1.165) is 28.6 Å². The van der Waals surface area contributed by atoms with Gasteiger partial charge in [-0.2, -0.15) is 0 Å². The van der Waals surface area contributed by atoms with Crippen LogP contribution in [0.1, 0.15) is 36.5 Å². The van der Waals surface area contributed by atoms with Crippen molar-refractivity contribution >= 4 is 39.5 Å². The number of halogens is 1. The quantitative estimate of drug-likeness (QED) is 0.404. The zero-order valence-electron chi connectivity index (χ0n) is 14.9. The van der Waals surface area contributed by atoms with Crippen LogP contribution >= 0.6 is 15.9 Å². The van der Waals surface area contributed by atoms with Gasteiger partial charge in [-0.15, -0.1) is 0 Å². The lowest BCUT2D eigenvalue weighted by Gasteiger charge is -2.22. The molecular weight excluding hydrogens is 414 g/mol. The summed E-state index contributed by atoms with van der Waals surface area (Å²) in [6, 6.07) is 5.72. The maximum atomic E-state index is 12.8. The van der Waals surface area contributed by atoms with Gasteiger partial charge in [-0.25, -0.2) is 4.79 Å². The van der Waals surface area contributed by atoms with Gasteiger partial charge in [0.25, 0.3) is 0 Å². The maximum Gasteiger partial charge on any atom is 0.329 e. The number of hydrogen-bond acceptors (Lipinski definition) is 5. The third kappa shape index (κ3) is 3.02. The van der Waals surface area contributed by atoms with E-state index in [1.807, 2.05) is 0 Å². The van der Waals surface area contributed by atoms with Crippen LogP contribution in [0.2, 0.25) is 0 Å². The van der Waals surface area contributed by atoms with Crippen LogP contribution in [0.15, 0.2) is 28.7 Å². The van der Waals surface area contributed by atoms with E-state index in [-0.39, 0.29) is 41.3 Å². The number of rotatable bonds is 5. The van der Waals surface area contributed by atoms with Gasteiger partial charge in [0.05, 0.1) is 11.8 Å². The van der Waals surface area contributed by atoms with Crippen LogP contribution in [0.3, 0.4) is 0 Å². The Balaban J connectivity index is 1.39.